The molecule has 0 saturated heterocycles. The van der Waals surface area contributed by atoms with Gasteiger partial charge < -0.3 is 8.83 Å². The molecule has 0 aliphatic carbocycles. The van der Waals surface area contributed by atoms with E-state index in [0.717, 1.165) is 71.7 Å². The summed E-state index contributed by atoms with van der Waals surface area (Å²) in [6.45, 7) is 0. The van der Waals surface area contributed by atoms with Gasteiger partial charge in [0.1, 0.15) is 22.3 Å². The van der Waals surface area contributed by atoms with Crippen molar-refractivity contribution in [1.29, 1.82) is 0 Å². The summed E-state index contributed by atoms with van der Waals surface area (Å²) in [4.78, 5) is 15.4. The lowest BCUT2D eigenvalue weighted by Crippen LogP contribution is -2.00. The summed E-state index contributed by atoms with van der Waals surface area (Å²) in [6.07, 6.45) is 0. The van der Waals surface area contributed by atoms with Crippen LogP contribution in [0.4, 0.5) is 0 Å². The van der Waals surface area contributed by atoms with E-state index < -0.39 is 0 Å². The molecule has 9 aromatic carbocycles. The highest BCUT2D eigenvalue weighted by Crippen LogP contribution is 2.43. The predicted octanol–water partition coefficient (Wildman–Crippen LogP) is 13.8. The third kappa shape index (κ3) is 4.58. The Morgan fingerprint density at radius 3 is 1.55 bits per heavy atom. The van der Waals surface area contributed by atoms with Crippen LogP contribution in [0, 0.1) is 0 Å². The van der Waals surface area contributed by atoms with E-state index in [1.807, 2.05) is 72.8 Å². The number of hydrogen-bond acceptors (Lipinski definition) is 5. The number of nitrogens with zero attached hydrogens (tertiary/aromatic N) is 3. The van der Waals surface area contributed by atoms with Crippen molar-refractivity contribution in [2.75, 3.05) is 0 Å². The maximum Gasteiger partial charge on any atom is 0.167 e. The van der Waals surface area contributed by atoms with Crippen LogP contribution in [0.5, 0.6) is 0 Å². The monoisotopic (exact) mass is 715 g/mol. The van der Waals surface area contributed by atoms with E-state index in [9.17, 15) is 0 Å². The van der Waals surface area contributed by atoms with Crippen LogP contribution in [-0.4, -0.2) is 15.0 Å². The third-order valence-corrected chi connectivity index (χ3v) is 11.1. The molecule has 56 heavy (non-hydrogen) atoms. The van der Waals surface area contributed by atoms with Gasteiger partial charge in [-0.05, 0) is 62.1 Å². The topological polar surface area (TPSA) is 65.0 Å². The summed E-state index contributed by atoms with van der Waals surface area (Å²) in [5.74, 6) is 1.68. The molecule has 0 atom stereocenters. The molecule has 3 aromatic heterocycles. The van der Waals surface area contributed by atoms with Crippen LogP contribution >= 0.6 is 0 Å². The highest BCUT2D eigenvalue weighted by atomic mass is 16.3. The highest BCUT2D eigenvalue weighted by Gasteiger charge is 2.22. The first kappa shape index (κ1) is 30.8. The molecule has 0 amide bonds. The average molecular weight is 716 g/mol. The van der Waals surface area contributed by atoms with Crippen molar-refractivity contribution in [2.24, 2.45) is 0 Å². The number of furan rings is 2. The fourth-order valence-electron chi connectivity index (χ4n) is 8.59. The van der Waals surface area contributed by atoms with Crippen LogP contribution in [0.25, 0.3) is 121 Å². The van der Waals surface area contributed by atoms with Gasteiger partial charge in [-0.15, -0.1) is 0 Å². The maximum atomic E-state index is 6.80. The lowest BCUT2D eigenvalue weighted by atomic mass is 9.91. The van der Waals surface area contributed by atoms with Gasteiger partial charge >= 0.3 is 0 Å². The van der Waals surface area contributed by atoms with Crippen LogP contribution in [0.3, 0.4) is 0 Å². The molecule has 5 nitrogen and oxygen atoms in total. The second-order valence-electron chi connectivity index (χ2n) is 14.3. The second-order valence-corrected chi connectivity index (χ2v) is 14.3. The SMILES string of the molecule is c1ccc(-c2nc(-c3cccc4c3oc3ccccc34)nc(-c3cccc4oc5c(-c6ccc7c8ccccc8c8ccccc8c7c6)cccc5c34)n2)cc1. The Kier molecular flexibility index (Phi) is 6.56. The summed E-state index contributed by atoms with van der Waals surface area (Å²) < 4.78 is 13.3. The Morgan fingerprint density at radius 1 is 0.286 bits per heavy atom. The second kappa shape index (κ2) is 11.9. The number of fused-ring (bicyclic) bond motifs is 12. The number of aromatic nitrogens is 3. The molecule has 0 bridgehead atoms. The standard InChI is InChI=1S/C51H29N3O2/c1-2-13-30(14-3-1)49-52-50(54-51(53-49)42-24-11-21-39-38-19-8-9-25-44(38)55-48(39)42)41-23-12-26-45-46(41)40-22-10-20-32(47(40)56-45)31-27-28-37-35-17-5-4-15-33(35)34-16-6-7-18-36(34)43(37)29-31/h1-29H. The Hall–Kier alpha value is -7.63. The molecule has 0 aliphatic heterocycles. The van der Waals surface area contributed by atoms with E-state index in [-0.39, 0.29) is 0 Å². The zero-order valence-corrected chi connectivity index (χ0v) is 29.9. The van der Waals surface area contributed by atoms with Gasteiger partial charge in [-0.25, -0.2) is 15.0 Å². The van der Waals surface area contributed by atoms with Crippen molar-refractivity contribution in [1.82, 2.24) is 15.0 Å². The number of benzene rings is 9. The smallest absolute Gasteiger partial charge is 0.167 e. The zero-order chi connectivity index (χ0) is 36.7. The van der Waals surface area contributed by atoms with E-state index in [4.69, 9.17) is 23.8 Å². The van der Waals surface area contributed by atoms with Crippen LogP contribution in [-0.2, 0) is 0 Å². The van der Waals surface area contributed by atoms with Crippen molar-refractivity contribution < 1.29 is 8.83 Å². The van der Waals surface area contributed by atoms with Crippen LogP contribution in [0.15, 0.2) is 185 Å². The maximum absolute atomic E-state index is 6.80. The van der Waals surface area contributed by atoms with Crippen molar-refractivity contribution in [3.8, 4) is 45.3 Å². The van der Waals surface area contributed by atoms with Gasteiger partial charge in [0.2, 0.25) is 0 Å². The normalized spacial score (nSPS) is 11.9. The van der Waals surface area contributed by atoms with Crippen molar-refractivity contribution >= 4 is 76.2 Å². The van der Waals surface area contributed by atoms with Gasteiger partial charge in [-0.1, -0.05) is 152 Å². The summed E-state index contributed by atoms with van der Waals surface area (Å²) in [7, 11) is 0. The number of hydrogen-bond donors (Lipinski definition) is 0. The highest BCUT2D eigenvalue weighted by molar-refractivity contribution is 6.26. The first-order valence-electron chi connectivity index (χ1n) is 18.8. The van der Waals surface area contributed by atoms with Gasteiger partial charge in [0.25, 0.3) is 0 Å². The van der Waals surface area contributed by atoms with E-state index in [1.165, 1.54) is 32.3 Å². The van der Waals surface area contributed by atoms with Crippen LogP contribution < -0.4 is 0 Å². The molecule has 0 aliphatic rings. The number of para-hydroxylation sites is 3. The molecular weight excluding hydrogens is 687 g/mol. The Balaban J connectivity index is 1.08. The van der Waals surface area contributed by atoms with Crippen molar-refractivity contribution in [3.63, 3.8) is 0 Å². The van der Waals surface area contributed by atoms with Crippen molar-refractivity contribution in [3.05, 3.63) is 176 Å². The van der Waals surface area contributed by atoms with Gasteiger partial charge in [-0.2, -0.15) is 0 Å². The lowest BCUT2D eigenvalue weighted by molar-refractivity contribution is 0.669. The van der Waals surface area contributed by atoms with Gasteiger partial charge in [-0.3, -0.25) is 0 Å². The molecule has 0 fully saturated rings. The van der Waals surface area contributed by atoms with Gasteiger partial charge in [0.15, 0.2) is 17.5 Å². The molecule has 0 saturated carbocycles. The van der Waals surface area contributed by atoms with E-state index in [0.29, 0.717) is 17.5 Å². The molecule has 0 unspecified atom stereocenters. The first-order chi connectivity index (χ1) is 27.8. The minimum atomic E-state index is 0.542. The Labute approximate surface area is 320 Å². The van der Waals surface area contributed by atoms with Crippen molar-refractivity contribution in [2.45, 2.75) is 0 Å². The third-order valence-electron chi connectivity index (χ3n) is 11.1. The molecule has 3 heterocycles. The van der Waals surface area contributed by atoms with Gasteiger partial charge in [0, 0.05) is 38.2 Å². The Morgan fingerprint density at radius 2 is 0.786 bits per heavy atom. The summed E-state index contributed by atoms with van der Waals surface area (Å²) in [5.41, 5.74) is 7.86. The Bertz CT molecular complexity index is 3510. The average Bonchev–Trinajstić information content (AvgIpc) is 3.85. The molecule has 0 spiro atoms. The van der Waals surface area contributed by atoms with Gasteiger partial charge in [0.05, 0.1) is 5.56 Å². The summed E-state index contributed by atoms with van der Waals surface area (Å²) in [5, 5.41) is 11.5. The fourth-order valence-corrected chi connectivity index (χ4v) is 8.59. The van der Waals surface area contributed by atoms with Crippen LogP contribution in [0.1, 0.15) is 0 Å². The molecule has 260 valence electrons. The lowest BCUT2D eigenvalue weighted by Gasteiger charge is -2.12. The predicted molar refractivity (Wildman–Crippen MR) is 229 cm³/mol. The van der Waals surface area contributed by atoms with Crippen LogP contribution in [0.2, 0.25) is 0 Å². The minimum Gasteiger partial charge on any atom is -0.455 e. The summed E-state index contributed by atoms with van der Waals surface area (Å²) in [6, 6.07) is 61.0. The quantitative estimate of drug-likeness (QED) is 0.170. The van der Waals surface area contributed by atoms with E-state index >= 15 is 0 Å². The number of rotatable bonds is 4. The summed E-state index contributed by atoms with van der Waals surface area (Å²) >= 11 is 0. The zero-order valence-electron chi connectivity index (χ0n) is 29.9. The molecule has 0 N–H and O–H groups in total. The van der Waals surface area contributed by atoms with E-state index in [1.54, 1.807) is 0 Å². The molecule has 12 rings (SSSR count). The molecular formula is C51H29N3O2. The minimum absolute atomic E-state index is 0.542. The van der Waals surface area contributed by atoms with E-state index in [2.05, 4.69) is 103 Å². The molecule has 12 aromatic rings. The molecule has 0 radical (unpaired) electrons. The first-order valence-corrected chi connectivity index (χ1v) is 18.8. The molecule has 5 heteroatoms. The fraction of sp³-hybridized carbons (Fsp3) is 0. The largest absolute Gasteiger partial charge is 0.455 e.